The molecule has 8 heteroatoms. The largest absolute Gasteiger partial charge is 0.497 e. The molecule has 0 aromatic heterocycles. The van der Waals surface area contributed by atoms with Crippen molar-refractivity contribution in [3.05, 3.63) is 100 Å². The van der Waals surface area contributed by atoms with Crippen LogP contribution in [0, 0.1) is 12.7 Å². The SMILES string of the molecule is CCCN(CCC)C(=O)c1cc(C)cc(C(=O)N(Cc2cccc(OC)c2)C[C@@H](O)[C@@H](N)Cc2ccc(F)cc2)c1. The molecule has 0 aliphatic heterocycles. The number of methoxy groups -OCH3 is 1. The minimum absolute atomic E-state index is 0.0343. The molecule has 220 valence electrons. The van der Waals surface area contributed by atoms with Crippen LogP contribution in [-0.2, 0) is 13.0 Å². The molecule has 2 atom stereocenters. The summed E-state index contributed by atoms with van der Waals surface area (Å²) < 4.78 is 18.7. The van der Waals surface area contributed by atoms with Crippen molar-refractivity contribution in [2.75, 3.05) is 26.7 Å². The van der Waals surface area contributed by atoms with Gasteiger partial charge in [-0.05, 0) is 85.3 Å². The van der Waals surface area contributed by atoms with Gasteiger partial charge in [-0.1, -0.05) is 38.1 Å². The van der Waals surface area contributed by atoms with E-state index in [0.29, 0.717) is 36.4 Å². The van der Waals surface area contributed by atoms with E-state index >= 15 is 0 Å². The van der Waals surface area contributed by atoms with Crippen LogP contribution in [0.3, 0.4) is 0 Å². The summed E-state index contributed by atoms with van der Waals surface area (Å²) in [5, 5.41) is 11.1. The second-order valence-corrected chi connectivity index (χ2v) is 10.5. The predicted molar refractivity (Wildman–Crippen MR) is 159 cm³/mol. The zero-order valence-electron chi connectivity index (χ0n) is 24.5. The number of rotatable bonds is 14. The normalized spacial score (nSPS) is 12.5. The van der Waals surface area contributed by atoms with Crippen molar-refractivity contribution in [2.24, 2.45) is 5.73 Å². The molecule has 0 fully saturated rings. The quantitative estimate of drug-likeness (QED) is 0.289. The highest BCUT2D eigenvalue weighted by molar-refractivity contribution is 6.00. The van der Waals surface area contributed by atoms with Crippen LogP contribution in [0.15, 0.2) is 66.7 Å². The first-order valence-electron chi connectivity index (χ1n) is 14.2. The summed E-state index contributed by atoms with van der Waals surface area (Å²) in [5.74, 6) is -0.122. The highest BCUT2D eigenvalue weighted by atomic mass is 19.1. The van der Waals surface area contributed by atoms with Gasteiger partial charge in [-0.15, -0.1) is 0 Å². The number of aliphatic hydroxyl groups is 1. The third-order valence-corrected chi connectivity index (χ3v) is 6.93. The molecule has 7 nitrogen and oxygen atoms in total. The van der Waals surface area contributed by atoms with E-state index in [2.05, 4.69) is 0 Å². The number of halogens is 1. The second-order valence-electron chi connectivity index (χ2n) is 10.5. The van der Waals surface area contributed by atoms with Crippen LogP contribution in [-0.4, -0.2) is 65.6 Å². The molecule has 3 aromatic rings. The Bertz CT molecular complexity index is 1290. The molecule has 2 amide bonds. The Morgan fingerprint density at radius 2 is 1.51 bits per heavy atom. The molecule has 3 N–H and O–H groups in total. The topological polar surface area (TPSA) is 96.1 Å². The standard InChI is InChI=1S/C33H42FN3O4/c1-5-14-36(15-6-2)32(39)26-16-23(3)17-27(20-26)33(40)37(21-25-8-7-9-29(18-25)41-4)22-31(38)30(35)19-24-10-12-28(34)13-11-24/h7-13,16-18,20,30-31,38H,5-6,14-15,19,21-22,35H2,1-4H3/t30-,31+/m0/s1. The van der Waals surface area contributed by atoms with Crippen LogP contribution in [0.4, 0.5) is 4.39 Å². The van der Waals surface area contributed by atoms with Crippen molar-refractivity contribution in [1.29, 1.82) is 0 Å². The number of benzene rings is 3. The monoisotopic (exact) mass is 563 g/mol. The van der Waals surface area contributed by atoms with Crippen molar-refractivity contribution >= 4 is 11.8 Å². The van der Waals surface area contributed by atoms with Crippen LogP contribution in [0.5, 0.6) is 5.75 Å². The Labute approximate surface area is 242 Å². The average molecular weight is 564 g/mol. The fourth-order valence-corrected chi connectivity index (χ4v) is 4.85. The molecular weight excluding hydrogens is 521 g/mol. The molecule has 3 aromatic carbocycles. The van der Waals surface area contributed by atoms with Gasteiger partial charge in [-0.2, -0.15) is 0 Å². The lowest BCUT2D eigenvalue weighted by molar-refractivity contribution is 0.0554. The van der Waals surface area contributed by atoms with E-state index in [1.807, 2.05) is 49.9 Å². The van der Waals surface area contributed by atoms with Gasteiger partial charge < -0.3 is 25.4 Å². The second kappa shape index (κ2) is 15.3. The van der Waals surface area contributed by atoms with E-state index in [-0.39, 0.29) is 30.7 Å². The summed E-state index contributed by atoms with van der Waals surface area (Å²) in [4.78, 5) is 30.7. The van der Waals surface area contributed by atoms with Crippen molar-refractivity contribution in [3.63, 3.8) is 0 Å². The Morgan fingerprint density at radius 1 is 0.902 bits per heavy atom. The van der Waals surface area contributed by atoms with Crippen molar-refractivity contribution in [3.8, 4) is 5.75 Å². The number of aryl methyl sites for hydroxylation is 1. The molecule has 0 radical (unpaired) electrons. The van der Waals surface area contributed by atoms with Gasteiger partial charge in [-0.3, -0.25) is 9.59 Å². The van der Waals surface area contributed by atoms with Crippen molar-refractivity contribution < 1.29 is 23.8 Å². The third kappa shape index (κ3) is 9.13. The maximum atomic E-state index is 14.0. The van der Waals surface area contributed by atoms with Gasteiger partial charge >= 0.3 is 0 Å². The van der Waals surface area contributed by atoms with Gasteiger partial charge in [0.1, 0.15) is 11.6 Å². The predicted octanol–water partition coefficient (Wildman–Crippen LogP) is 4.98. The number of nitrogens with zero attached hydrogens (tertiary/aromatic N) is 2. The summed E-state index contributed by atoms with van der Waals surface area (Å²) in [6.45, 7) is 7.37. The zero-order valence-corrected chi connectivity index (χ0v) is 24.5. The molecule has 0 unspecified atom stereocenters. The first-order chi connectivity index (χ1) is 19.6. The number of ether oxygens (including phenoxy) is 1. The van der Waals surface area contributed by atoms with Crippen LogP contribution < -0.4 is 10.5 Å². The molecule has 0 saturated heterocycles. The fourth-order valence-electron chi connectivity index (χ4n) is 4.85. The number of aliphatic hydroxyl groups excluding tert-OH is 1. The van der Waals surface area contributed by atoms with Crippen LogP contribution in [0.1, 0.15) is 64.1 Å². The van der Waals surface area contributed by atoms with Gasteiger partial charge in [0, 0.05) is 43.3 Å². The maximum Gasteiger partial charge on any atom is 0.254 e. The number of amides is 2. The molecule has 0 bridgehead atoms. The number of carbonyl (C=O) groups is 2. The van der Waals surface area contributed by atoms with E-state index in [1.165, 1.54) is 12.1 Å². The van der Waals surface area contributed by atoms with Crippen molar-refractivity contribution in [2.45, 2.75) is 58.7 Å². The Hall–Kier alpha value is -3.75. The third-order valence-electron chi connectivity index (χ3n) is 6.93. The molecular formula is C33H42FN3O4. The lowest BCUT2D eigenvalue weighted by Crippen LogP contribution is -2.46. The lowest BCUT2D eigenvalue weighted by Gasteiger charge is -2.29. The minimum atomic E-state index is -1.05. The number of hydrogen-bond donors (Lipinski definition) is 2. The Balaban J connectivity index is 1.90. The summed E-state index contributed by atoms with van der Waals surface area (Å²) >= 11 is 0. The summed E-state index contributed by atoms with van der Waals surface area (Å²) in [6.07, 6.45) is 0.947. The van der Waals surface area contributed by atoms with Gasteiger partial charge in [0.2, 0.25) is 0 Å². The maximum absolute atomic E-state index is 14.0. The van der Waals surface area contributed by atoms with Crippen LogP contribution in [0.25, 0.3) is 0 Å². The number of carbonyl (C=O) groups excluding carboxylic acids is 2. The number of hydrogen-bond acceptors (Lipinski definition) is 5. The van der Waals surface area contributed by atoms with Crippen molar-refractivity contribution in [1.82, 2.24) is 9.80 Å². The first-order valence-corrected chi connectivity index (χ1v) is 14.2. The molecule has 0 spiro atoms. The van der Waals surface area contributed by atoms with E-state index in [0.717, 1.165) is 29.5 Å². The number of nitrogens with two attached hydrogens (primary N) is 1. The highest BCUT2D eigenvalue weighted by Crippen LogP contribution is 2.20. The first kappa shape index (κ1) is 31.8. The van der Waals surface area contributed by atoms with E-state index in [1.54, 1.807) is 42.3 Å². The highest BCUT2D eigenvalue weighted by Gasteiger charge is 2.25. The van der Waals surface area contributed by atoms with E-state index < -0.39 is 12.1 Å². The summed E-state index contributed by atoms with van der Waals surface area (Å²) in [7, 11) is 1.58. The van der Waals surface area contributed by atoms with Gasteiger partial charge in [-0.25, -0.2) is 4.39 Å². The van der Waals surface area contributed by atoms with E-state index in [4.69, 9.17) is 10.5 Å². The van der Waals surface area contributed by atoms with Gasteiger partial charge in [0.05, 0.1) is 13.2 Å². The summed E-state index contributed by atoms with van der Waals surface area (Å²) in [6, 6.07) is 17.9. The fraction of sp³-hybridized carbons (Fsp3) is 0.394. The van der Waals surface area contributed by atoms with Gasteiger partial charge in [0.25, 0.3) is 11.8 Å². The van der Waals surface area contributed by atoms with Crippen LogP contribution >= 0.6 is 0 Å². The smallest absolute Gasteiger partial charge is 0.254 e. The molecule has 0 aliphatic carbocycles. The average Bonchev–Trinajstić information content (AvgIpc) is 2.96. The van der Waals surface area contributed by atoms with Crippen LogP contribution in [0.2, 0.25) is 0 Å². The molecule has 41 heavy (non-hydrogen) atoms. The Morgan fingerprint density at radius 3 is 2.10 bits per heavy atom. The summed E-state index contributed by atoms with van der Waals surface area (Å²) in [5.41, 5.74) is 9.56. The molecule has 3 rings (SSSR count). The minimum Gasteiger partial charge on any atom is -0.497 e. The Kier molecular flexibility index (Phi) is 11.9. The van der Waals surface area contributed by atoms with Gasteiger partial charge in [0.15, 0.2) is 0 Å². The molecule has 0 saturated carbocycles. The molecule has 0 heterocycles. The molecule has 0 aliphatic rings. The lowest BCUT2D eigenvalue weighted by atomic mass is 10.0. The zero-order chi connectivity index (χ0) is 29.9. The van der Waals surface area contributed by atoms with E-state index in [9.17, 15) is 19.1 Å².